The maximum Gasteiger partial charge on any atom is 0.124 e. The zero-order valence-corrected chi connectivity index (χ0v) is 13.4. The van der Waals surface area contributed by atoms with Crippen LogP contribution in [0.25, 0.3) is 0 Å². The standard InChI is InChI=1S/C18H27NO2/c1-12-4-6-16(13(2)10-12)19-17-8-9-21-18-7-5-14(20-3)11-15(17)18/h5,7,11-13,16-17,19H,4,6,8-10H2,1-3H3. The molecule has 1 N–H and O–H groups in total. The number of hydrogen-bond acceptors (Lipinski definition) is 3. The minimum Gasteiger partial charge on any atom is -0.497 e. The fraction of sp³-hybridized carbons (Fsp3) is 0.667. The molecule has 1 aromatic carbocycles. The van der Waals surface area contributed by atoms with Crippen LogP contribution in [0, 0.1) is 11.8 Å². The number of nitrogens with one attached hydrogen (secondary N) is 1. The van der Waals surface area contributed by atoms with Gasteiger partial charge in [-0.15, -0.1) is 0 Å². The Labute approximate surface area is 128 Å². The van der Waals surface area contributed by atoms with Crippen molar-refractivity contribution < 1.29 is 9.47 Å². The molecule has 0 bridgehead atoms. The lowest BCUT2D eigenvalue weighted by Gasteiger charge is -2.37. The lowest BCUT2D eigenvalue weighted by molar-refractivity contribution is 0.186. The molecule has 0 radical (unpaired) electrons. The Balaban J connectivity index is 1.75. The van der Waals surface area contributed by atoms with Gasteiger partial charge in [-0.3, -0.25) is 0 Å². The number of ether oxygens (including phenoxy) is 2. The summed E-state index contributed by atoms with van der Waals surface area (Å²) in [5.74, 6) is 3.55. The summed E-state index contributed by atoms with van der Waals surface area (Å²) in [4.78, 5) is 0. The highest BCUT2D eigenvalue weighted by molar-refractivity contribution is 5.43. The number of hydrogen-bond donors (Lipinski definition) is 1. The third kappa shape index (κ3) is 3.18. The molecule has 4 unspecified atom stereocenters. The summed E-state index contributed by atoms with van der Waals surface area (Å²) in [6, 6.07) is 7.16. The van der Waals surface area contributed by atoms with E-state index in [1.807, 2.05) is 12.1 Å². The van der Waals surface area contributed by atoms with Gasteiger partial charge in [0.1, 0.15) is 11.5 Å². The van der Waals surface area contributed by atoms with Gasteiger partial charge < -0.3 is 14.8 Å². The molecule has 1 saturated carbocycles. The van der Waals surface area contributed by atoms with Gasteiger partial charge in [0.05, 0.1) is 13.7 Å². The Hall–Kier alpha value is -1.22. The van der Waals surface area contributed by atoms with Crippen LogP contribution >= 0.6 is 0 Å². The fourth-order valence-electron chi connectivity index (χ4n) is 3.84. The van der Waals surface area contributed by atoms with Crippen molar-refractivity contribution in [2.45, 2.75) is 51.6 Å². The molecular formula is C18H27NO2. The lowest BCUT2D eigenvalue weighted by atomic mass is 9.79. The lowest BCUT2D eigenvalue weighted by Crippen LogP contribution is -2.42. The second-order valence-corrected chi connectivity index (χ2v) is 6.76. The van der Waals surface area contributed by atoms with E-state index in [9.17, 15) is 0 Å². The zero-order valence-electron chi connectivity index (χ0n) is 13.4. The molecule has 0 spiro atoms. The first kappa shape index (κ1) is 14.7. The molecule has 21 heavy (non-hydrogen) atoms. The molecule has 0 saturated heterocycles. The molecule has 3 nitrogen and oxygen atoms in total. The van der Waals surface area contributed by atoms with Crippen LogP contribution in [-0.4, -0.2) is 19.8 Å². The van der Waals surface area contributed by atoms with E-state index >= 15 is 0 Å². The minimum absolute atomic E-state index is 0.393. The molecule has 1 fully saturated rings. The Bertz CT molecular complexity index is 488. The van der Waals surface area contributed by atoms with E-state index in [1.54, 1.807) is 7.11 Å². The number of methoxy groups -OCH3 is 1. The van der Waals surface area contributed by atoms with Gasteiger partial charge in [-0.1, -0.05) is 13.8 Å². The number of fused-ring (bicyclic) bond motifs is 1. The number of rotatable bonds is 3. The van der Waals surface area contributed by atoms with Crippen molar-refractivity contribution in [2.24, 2.45) is 11.8 Å². The SMILES string of the molecule is COc1ccc2c(c1)C(NC1CCC(C)CC1C)CCO2. The van der Waals surface area contributed by atoms with E-state index in [0.29, 0.717) is 12.1 Å². The largest absolute Gasteiger partial charge is 0.497 e. The summed E-state index contributed by atoms with van der Waals surface area (Å²) < 4.78 is 11.2. The van der Waals surface area contributed by atoms with Gasteiger partial charge in [-0.05, 0) is 49.3 Å². The molecule has 0 amide bonds. The summed E-state index contributed by atoms with van der Waals surface area (Å²) in [6.07, 6.45) is 5.01. The van der Waals surface area contributed by atoms with Gasteiger partial charge in [-0.25, -0.2) is 0 Å². The molecule has 1 aliphatic carbocycles. The van der Waals surface area contributed by atoms with Gasteiger partial charge in [0, 0.05) is 24.1 Å². The van der Waals surface area contributed by atoms with Crippen molar-refractivity contribution in [3.63, 3.8) is 0 Å². The molecule has 1 aliphatic heterocycles. The Morgan fingerprint density at radius 1 is 1.19 bits per heavy atom. The van der Waals surface area contributed by atoms with Crippen molar-refractivity contribution in [3.8, 4) is 11.5 Å². The smallest absolute Gasteiger partial charge is 0.124 e. The van der Waals surface area contributed by atoms with Crippen molar-refractivity contribution in [1.82, 2.24) is 5.32 Å². The summed E-state index contributed by atoms with van der Waals surface area (Å²) in [6.45, 7) is 5.56. The second-order valence-electron chi connectivity index (χ2n) is 6.76. The quantitative estimate of drug-likeness (QED) is 0.914. The highest BCUT2D eigenvalue weighted by atomic mass is 16.5. The van der Waals surface area contributed by atoms with Crippen molar-refractivity contribution in [1.29, 1.82) is 0 Å². The van der Waals surface area contributed by atoms with Crippen molar-refractivity contribution >= 4 is 0 Å². The third-order valence-electron chi connectivity index (χ3n) is 5.10. The normalized spacial score (nSPS) is 32.1. The Morgan fingerprint density at radius 2 is 2.05 bits per heavy atom. The van der Waals surface area contributed by atoms with E-state index in [1.165, 1.54) is 24.8 Å². The Morgan fingerprint density at radius 3 is 2.81 bits per heavy atom. The fourth-order valence-corrected chi connectivity index (χ4v) is 3.84. The predicted octanol–water partition coefficient (Wildman–Crippen LogP) is 3.93. The van der Waals surface area contributed by atoms with Crippen LogP contribution in [0.3, 0.4) is 0 Å². The van der Waals surface area contributed by atoms with Crippen LogP contribution in [-0.2, 0) is 0 Å². The van der Waals surface area contributed by atoms with Gasteiger partial charge in [0.15, 0.2) is 0 Å². The van der Waals surface area contributed by atoms with E-state index < -0.39 is 0 Å². The predicted molar refractivity (Wildman–Crippen MR) is 84.9 cm³/mol. The first-order valence-corrected chi connectivity index (χ1v) is 8.24. The van der Waals surface area contributed by atoms with Gasteiger partial charge in [0.2, 0.25) is 0 Å². The number of benzene rings is 1. The summed E-state index contributed by atoms with van der Waals surface area (Å²) in [5, 5.41) is 3.90. The van der Waals surface area contributed by atoms with E-state index in [4.69, 9.17) is 9.47 Å². The van der Waals surface area contributed by atoms with E-state index in [-0.39, 0.29) is 0 Å². The van der Waals surface area contributed by atoms with Gasteiger partial charge in [-0.2, -0.15) is 0 Å². The van der Waals surface area contributed by atoms with E-state index in [0.717, 1.165) is 36.4 Å². The van der Waals surface area contributed by atoms with Crippen LogP contribution in [0.15, 0.2) is 18.2 Å². The molecule has 2 aliphatic rings. The molecule has 3 heteroatoms. The highest BCUT2D eigenvalue weighted by Crippen LogP contribution is 2.37. The molecule has 1 aromatic rings. The second kappa shape index (κ2) is 6.27. The molecule has 0 aromatic heterocycles. The van der Waals surface area contributed by atoms with Crippen LogP contribution in [0.5, 0.6) is 11.5 Å². The highest BCUT2D eigenvalue weighted by Gasteiger charge is 2.30. The topological polar surface area (TPSA) is 30.5 Å². The Kier molecular flexibility index (Phi) is 4.39. The molecule has 3 rings (SSSR count). The van der Waals surface area contributed by atoms with Crippen molar-refractivity contribution in [3.05, 3.63) is 23.8 Å². The van der Waals surface area contributed by atoms with Crippen LogP contribution in [0.2, 0.25) is 0 Å². The molecule has 1 heterocycles. The molecule has 116 valence electrons. The first-order valence-electron chi connectivity index (χ1n) is 8.24. The van der Waals surface area contributed by atoms with Crippen LogP contribution in [0.4, 0.5) is 0 Å². The van der Waals surface area contributed by atoms with Crippen LogP contribution < -0.4 is 14.8 Å². The molecular weight excluding hydrogens is 262 g/mol. The summed E-state index contributed by atoms with van der Waals surface area (Å²) in [7, 11) is 1.72. The van der Waals surface area contributed by atoms with Gasteiger partial charge >= 0.3 is 0 Å². The monoisotopic (exact) mass is 289 g/mol. The third-order valence-corrected chi connectivity index (χ3v) is 5.10. The van der Waals surface area contributed by atoms with Gasteiger partial charge in [0.25, 0.3) is 0 Å². The van der Waals surface area contributed by atoms with Crippen molar-refractivity contribution in [2.75, 3.05) is 13.7 Å². The minimum atomic E-state index is 0.393. The first-order chi connectivity index (χ1) is 10.2. The molecule has 4 atom stereocenters. The van der Waals surface area contributed by atoms with E-state index in [2.05, 4.69) is 25.2 Å². The zero-order chi connectivity index (χ0) is 14.8. The summed E-state index contributed by atoms with van der Waals surface area (Å²) >= 11 is 0. The maximum atomic E-state index is 5.79. The van der Waals surface area contributed by atoms with Crippen LogP contribution in [0.1, 0.15) is 51.1 Å². The maximum absolute atomic E-state index is 5.79. The average molecular weight is 289 g/mol. The average Bonchev–Trinajstić information content (AvgIpc) is 2.50. The summed E-state index contributed by atoms with van der Waals surface area (Å²) in [5.41, 5.74) is 1.26.